The van der Waals surface area contributed by atoms with Crippen LogP contribution in [0.15, 0.2) is 36.6 Å². The van der Waals surface area contributed by atoms with Gasteiger partial charge >= 0.3 is 0 Å². The Morgan fingerprint density at radius 1 is 1.27 bits per heavy atom. The van der Waals surface area contributed by atoms with Crippen molar-refractivity contribution in [3.8, 4) is 0 Å². The van der Waals surface area contributed by atoms with Gasteiger partial charge < -0.3 is 0 Å². The van der Waals surface area contributed by atoms with Crippen LogP contribution in [0.2, 0.25) is 0 Å². The number of allylic oxidation sites excluding steroid dienone is 3. The number of nitrogens with zero attached hydrogens (tertiary/aromatic N) is 1. The molecular weight excluding hydrogens is 134 g/mol. The Hall–Kier alpha value is -1.59. The van der Waals surface area contributed by atoms with Gasteiger partial charge in [-0.3, -0.25) is 0 Å². The second-order valence-electron chi connectivity index (χ2n) is 2.30. The number of rotatable bonds is 0. The first-order chi connectivity index (χ1) is 5.47. The second kappa shape index (κ2) is 2.57. The molecule has 1 aromatic heterocycles. The van der Waals surface area contributed by atoms with Crippen LogP contribution in [0.3, 0.4) is 0 Å². The van der Waals surface area contributed by atoms with Gasteiger partial charge in [-0.1, -0.05) is 30.0 Å². The Kier molecular flexibility index (Phi) is 1.43. The van der Waals surface area contributed by atoms with Crippen molar-refractivity contribution in [2.24, 2.45) is 0 Å². The highest BCUT2D eigenvalue weighted by Crippen LogP contribution is 1.78. The summed E-state index contributed by atoms with van der Waals surface area (Å²) in [4.78, 5) is 4.17. The van der Waals surface area contributed by atoms with Crippen molar-refractivity contribution in [3.05, 3.63) is 47.1 Å². The molecule has 2 rings (SSSR count). The van der Waals surface area contributed by atoms with Crippen LogP contribution in [-0.2, 0) is 0 Å². The minimum atomic E-state index is 0.914. The van der Waals surface area contributed by atoms with Crippen molar-refractivity contribution in [2.75, 3.05) is 0 Å². The van der Waals surface area contributed by atoms with E-state index in [1.807, 2.05) is 36.4 Å². The Labute approximate surface area is 64.7 Å². The summed E-state index contributed by atoms with van der Waals surface area (Å²) in [6.07, 6.45) is 9.61. The van der Waals surface area contributed by atoms with Crippen molar-refractivity contribution in [1.29, 1.82) is 0 Å². The zero-order valence-corrected chi connectivity index (χ0v) is 5.99. The van der Waals surface area contributed by atoms with E-state index in [0.29, 0.717) is 0 Å². The fraction of sp³-hybridized carbons (Fsp3) is 0. The molecule has 52 valence electrons. The standard InChI is InChI=1S/C10H7N/c1-2-5-9-6-4-8-11-10(9)7-3-1/h1-6,8H. The summed E-state index contributed by atoms with van der Waals surface area (Å²) in [6, 6.07) is 3.95. The maximum atomic E-state index is 4.17. The molecule has 0 saturated heterocycles. The number of pyridine rings is 1. The highest BCUT2D eigenvalue weighted by atomic mass is 14.6. The maximum absolute atomic E-state index is 4.17. The molecule has 0 saturated carbocycles. The lowest BCUT2D eigenvalue weighted by Crippen LogP contribution is -2.25. The quantitative estimate of drug-likeness (QED) is 0.508. The first kappa shape index (κ1) is 6.14. The van der Waals surface area contributed by atoms with Crippen molar-refractivity contribution in [1.82, 2.24) is 4.98 Å². The minimum absolute atomic E-state index is 0.914. The van der Waals surface area contributed by atoms with Gasteiger partial charge in [-0.05, 0) is 12.1 Å². The van der Waals surface area contributed by atoms with Crippen LogP contribution in [0.25, 0.3) is 11.8 Å². The van der Waals surface area contributed by atoms with E-state index in [2.05, 4.69) is 10.7 Å². The van der Waals surface area contributed by atoms with Gasteiger partial charge in [0.05, 0.1) is 0 Å². The molecule has 1 aliphatic rings. The highest BCUT2D eigenvalue weighted by Gasteiger charge is 1.82. The van der Waals surface area contributed by atoms with E-state index in [1.54, 1.807) is 6.20 Å². The van der Waals surface area contributed by atoms with E-state index in [4.69, 9.17) is 0 Å². The monoisotopic (exact) mass is 141 g/mol. The summed E-state index contributed by atoms with van der Waals surface area (Å²) < 4.78 is 0. The molecule has 0 atom stereocenters. The largest absolute Gasteiger partial charge is 0.248 e. The van der Waals surface area contributed by atoms with Gasteiger partial charge in [-0.25, -0.2) is 4.98 Å². The van der Waals surface area contributed by atoms with Crippen LogP contribution < -0.4 is 10.6 Å². The topological polar surface area (TPSA) is 12.9 Å². The Balaban J connectivity index is 2.99. The number of hydrogen-bond acceptors (Lipinski definition) is 1. The molecule has 0 N–H and O–H groups in total. The summed E-state index contributed by atoms with van der Waals surface area (Å²) in [5.74, 6) is 0. The van der Waals surface area contributed by atoms with E-state index < -0.39 is 0 Å². The first-order valence-electron chi connectivity index (χ1n) is 3.51. The fourth-order valence-corrected chi connectivity index (χ4v) is 1.01. The van der Waals surface area contributed by atoms with E-state index in [9.17, 15) is 0 Å². The minimum Gasteiger partial charge on any atom is -0.248 e. The fourth-order valence-electron chi connectivity index (χ4n) is 1.01. The lowest BCUT2D eigenvalue weighted by atomic mass is 10.3. The Bertz CT molecular complexity index is 434. The molecule has 0 amide bonds. The average molecular weight is 141 g/mol. The maximum Gasteiger partial charge on any atom is 0.112 e. The van der Waals surface area contributed by atoms with Crippen molar-refractivity contribution >= 4 is 11.8 Å². The summed E-state index contributed by atoms with van der Waals surface area (Å²) in [7, 11) is 0. The third kappa shape index (κ3) is 1.14. The van der Waals surface area contributed by atoms with Gasteiger partial charge in [-0.2, -0.15) is 0 Å². The molecule has 11 heavy (non-hydrogen) atoms. The van der Waals surface area contributed by atoms with Gasteiger partial charge in [0.2, 0.25) is 0 Å². The van der Waals surface area contributed by atoms with Gasteiger partial charge in [0.1, 0.15) is 5.35 Å². The second-order valence-corrected chi connectivity index (χ2v) is 2.30. The summed E-state index contributed by atoms with van der Waals surface area (Å²) >= 11 is 0. The normalized spacial score (nSPS) is 12.7. The molecule has 1 aromatic rings. The van der Waals surface area contributed by atoms with Crippen LogP contribution in [0.5, 0.6) is 0 Å². The predicted octanol–water partition coefficient (Wildman–Crippen LogP) is 0.368. The van der Waals surface area contributed by atoms with E-state index in [-0.39, 0.29) is 0 Å². The average Bonchev–Trinajstić information content (AvgIpc) is 2.28. The molecule has 0 unspecified atom stereocenters. The molecule has 0 radical (unpaired) electrons. The molecule has 0 spiro atoms. The molecule has 0 aromatic carbocycles. The van der Waals surface area contributed by atoms with Gasteiger partial charge in [-0.15, -0.1) is 0 Å². The summed E-state index contributed by atoms with van der Waals surface area (Å²) in [5.41, 5.74) is 3.07. The summed E-state index contributed by atoms with van der Waals surface area (Å²) in [5, 5.41) is 2.04. The van der Waals surface area contributed by atoms with Crippen LogP contribution in [-0.4, -0.2) is 4.98 Å². The predicted molar refractivity (Wildman–Crippen MR) is 45.1 cm³/mol. The van der Waals surface area contributed by atoms with Gasteiger partial charge in [0.15, 0.2) is 0 Å². The molecule has 0 fully saturated rings. The van der Waals surface area contributed by atoms with Crippen LogP contribution in [0.4, 0.5) is 0 Å². The van der Waals surface area contributed by atoms with E-state index in [0.717, 1.165) is 10.6 Å². The zero-order chi connectivity index (χ0) is 7.52. The van der Waals surface area contributed by atoms with Crippen molar-refractivity contribution in [3.63, 3.8) is 0 Å². The SMILES string of the molecule is C1=CC=CC=c2cccnc2=1. The number of aromatic nitrogens is 1. The van der Waals surface area contributed by atoms with Gasteiger partial charge in [0.25, 0.3) is 0 Å². The van der Waals surface area contributed by atoms with Crippen LogP contribution >= 0.6 is 0 Å². The first-order valence-corrected chi connectivity index (χ1v) is 3.51. The molecule has 0 aliphatic heterocycles. The molecular formula is C10H7N. The van der Waals surface area contributed by atoms with Crippen LogP contribution in [0.1, 0.15) is 0 Å². The smallest absolute Gasteiger partial charge is 0.112 e. The van der Waals surface area contributed by atoms with E-state index in [1.165, 1.54) is 0 Å². The Morgan fingerprint density at radius 3 is 3.27 bits per heavy atom. The number of fused-ring (bicyclic) bond motifs is 1. The third-order valence-electron chi connectivity index (χ3n) is 1.54. The highest BCUT2D eigenvalue weighted by molar-refractivity contribution is 5.43. The molecule has 1 heteroatoms. The number of hydrogen-bond donors (Lipinski definition) is 0. The molecule has 1 heterocycles. The van der Waals surface area contributed by atoms with Gasteiger partial charge in [0, 0.05) is 11.4 Å². The van der Waals surface area contributed by atoms with Crippen LogP contribution in [0, 0.1) is 0 Å². The van der Waals surface area contributed by atoms with E-state index >= 15 is 0 Å². The lowest BCUT2D eigenvalue weighted by Gasteiger charge is -1.82. The summed E-state index contributed by atoms with van der Waals surface area (Å²) in [6.45, 7) is 0. The lowest BCUT2D eigenvalue weighted by molar-refractivity contribution is 1.23. The van der Waals surface area contributed by atoms with Crippen molar-refractivity contribution in [2.45, 2.75) is 0 Å². The van der Waals surface area contributed by atoms with Crippen molar-refractivity contribution < 1.29 is 0 Å². The molecule has 1 nitrogen and oxygen atoms in total. The molecule has 1 aliphatic carbocycles. The third-order valence-corrected chi connectivity index (χ3v) is 1.54. The molecule has 0 bridgehead atoms. The zero-order valence-electron chi connectivity index (χ0n) is 5.99. The Morgan fingerprint density at radius 2 is 2.27 bits per heavy atom.